The Kier molecular flexibility index (Phi) is 5.59. The lowest BCUT2D eigenvalue weighted by molar-refractivity contribution is 0.299. The Morgan fingerprint density at radius 2 is 1.83 bits per heavy atom. The third-order valence-electron chi connectivity index (χ3n) is 2.75. The summed E-state index contributed by atoms with van der Waals surface area (Å²) in [4.78, 5) is 1.97. The van der Waals surface area contributed by atoms with E-state index in [2.05, 4.69) is 4.72 Å². The fourth-order valence-corrected chi connectivity index (χ4v) is 2.33. The van der Waals surface area contributed by atoms with Crippen LogP contribution in [-0.2, 0) is 10.0 Å². The number of nitrogens with one attached hydrogen (secondary N) is 1. The lowest BCUT2D eigenvalue weighted by Crippen LogP contribution is -2.35. The van der Waals surface area contributed by atoms with E-state index in [0.29, 0.717) is 11.6 Å². The molecule has 0 aliphatic rings. The van der Waals surface area contributed by atoms with Crippen LogP contribution in [0.3, 0.4) is 0 Å². The average molecular weight is 291 g/mol. The van der Waals surface area contributed by atoms with Gasteiger partial charge in [0.1, 0.15) is 0 Å². The van der Waals surface area contributed by atoms with Crippen molar-refractivity contribution < 1.29 is 8.42 Å². The lowest BCUT2D eigenvalue weighted by Gasteiger charge is -2.25. The van der Waals surface area contributed by atoms with Gasteiger partial charge in [-0.05, 0) is 38.7 Å². The topological polar surface area (TPSA) is 49.4 Å². The van der Waals surface area contributed by atoms with Crippen LogP contribution < -0.4 is 4.72 Å². The number of rotatable bonds is 6. The van der Waals surface area contributed by atoms with Gasteiger partial charge >= 0.3 is 0 Å². The van der Waals surface area contributed by atoms with Crippen LogP contribution in [0.1, 0.15) is 18.5 Å². The first kappa shape index (κ1) is 15.4. The van der Waals surface area contributed by atoms with Gasteiger partial charge in [-0.3, -0.25) is 0 Å². The fraction of sp³-hybridized carbons (Fsp3) is 0.500. The third-order valence-corrected chi connectivity index (χ3v) is 4.37. The summed E-state index contributed by atoms with van der Waals surface area (Å²) < 4.78 is 25.5. The second-order valence-electron chi connectivity index (χ2n) is 4.28. The SMILES string of the molecule is CCS(=O)(=O)NC[C@H](c1ccc(Cl)cc1)N(C)C. The zero-order chi connectivity index (χ0) is 13.8. The maximum Gasteiger partial charge on any atom is 0.211 e. The van der Waals surface area contributed by atoms with E-state index in [1.54, 1.807) is 6.92 Å². The maximum atomic E-state index is 11.5. The van der Waals surface area contributed by atoms with Gasteiger partial charge in [0.2, 0.25) is 10.0 Å². The van der Waals surface area contributed by atoms with Gasteiger partial charge in [-0.2, -0.15) is 0 Å². The summed E-state index contributed by atoms with van der Waals surface area (Å²) in [6.45, 7) is 1.97. The molecule has 0 aliphatic heterocycles. The van der Waals surface area contributed by atoms with Crippen molar-refractivity contribution in [2.45, 2.75) is 13.0 Å². The average Bonchev–Trinajstić information content (AvgIpc) is 2.31. The standard InChI is InChI=1S/C12H19ClN2O2S/c1-4-18(16,17)14-9-12(15(2)3)10-5-7-11(13)8-6-10/h5-8,12,14H,4,9H2,1-3H3/t12-/m1/s1. The first-order valence-electron chi connectivity index (χ1n) is 5.75. The van der Waals surface area contributed by atoms with Crippen molar-refractivity contribution in [2.75, 3.05) is 26.4 Å². The zero-order valence-corrected chi connectivity index (χ0v) is 12.4. The Labute approximate surface area is 114 Å². The summed E-state index contributed by atoms with van der Waals surface area (Å²) in [6, 6.07) is 7.42. The summed E-state index contributed by atoms with van der Waals surface area (Å²) in [7, 11) is 0.665. The second-order valence-corrected chi connectivity index (χ2v) is 6.81. The van der Waals surface area contributed by atoms with Crippen molar-refractivity contribution in [3.8, 4) is 0 Å². The number of hydrogen-bond donors (Lipinski definition) is 1. The highest BCUT2D eigenvalue weighted by atomic mass is 35.5. The highest BCUT2D eigenvalue weighted by Gasteiger charge is 2.16. The molecule has 0 radical (unpaired) electrons. The summed E-state index contributed by atoms with van der Waals surface area (Å²) in [5, 5.41) is 0.672. The van der Waals surface area contributed by atoms with Gasteiger partial charge in [0.05, 0.1) is 5.75 Å². The van der Waals surface area contributed by atoms with Gasteiger partial charge < -0.3 is 4.90 Å². The molecule has 0 unspecified atom stereocenters. The van der Waals surface area contributed by atoms with Gasteiger partial charge in [-0.25, -0.2) is 13.1 Å². The molecule has 18 heavy (non-hydrogen) atoms. The quantitative estimate of drug-likeness (QED) is 0.870. The largest absolute Gasteiger partial charge is 0.301 e. The Hall–Kier alpha value is -0.620. The van der Waals surface area contributed by atoms with Gasteiger partial charge in [-0.15, -0.1) is 0 Å². The molecule has 0 fully saturated rings. The fourth-order valence-electron chi connectivity index (χ4n) is 1.59. The Morgan fingerprint density at radius 3 is 2.28 bits per heavy atom. The molecule has 0 bridgehead atoms. The molecule has 4 nitrogen and oxygen atoms in total. The Balaban J connectivity index is 2.81. The smallest absolute Gasteiger partial charge is 0.211 e. The molecule has 0 heterocycles. The van der Waals surface area contributed by atoms with Crippen molar-refractivity contribution in [1.82, 2.24) is 9.62 Å². The van der Waals surface area contributed by atoms with Crippen LogP contribution in [0.4, 0.5) is 0 Å². The van der Waals surface area contributed by atoms with E-state index >= 15 is 0 Å². The predicted octanol–water partition coefficient (Wildman–Crippen LogP) is 1.88. The number of halogens is 1. The van der Waals surface area contributed by atoms with E-state index in [9.17, 15) is 8.42 Å². The first-order valence-corrected chi connectivity index (χ1v) is 7.78. The molecule has 0 saturated carbocycles. The molecule has 0 amide bonds. The molecular weight excluding hydrogens is 272 g/mol. The molecule has 0 aromatic heterocycles. The molecular formula is C12H19ClN2O2S. The molecule has 1 atom stereocenters. The molecule has 6 heteroatoms. The first-order chi connectivity index (χ1) is 8.35. The van der Waals surface area contributed by atoms with Crippen LogP contribution in [0.2, 0.25) is 5.02 Å². The summed E-state index contributed by atoms with van der Waals surface area (Å²) in [5.41, 5.74) is 1.03. The van der Waals surface area contributed by atoms with E-state index in [1.165, 1.54) is 0 Å². The van der Waals surface area contributed by atoms with E-state index < -0.39 is 10.0 Å². The minimum absolute atomic E-state index is 0.0106. The van der Waals surface area contributed by atoms with Crippen LogP contribution in [0.15, 0.2) is 24.3 Å². The molecule has 1 aromatic rings. The monoisotopic (exact) mass is 290 g/mol. The zero-order valence-electron chi connectivity index (χ0n) is 10.9. The highest BCUT2D eigenvalue weighted by Crippen LogP contribution is 2.19. The van der Waals surface area contributed by atoms with Gasteiger partial charge in [-0.1, -0.05) is 23.7 Å². The second kappa shape index (κ2) is 6.52. The molecule has 102 valence electrons. The van der Waals surface area contributed by atoms with E-state index in [-0.39, 0.29) is 11.8 Å². The Morgan fingerprint density at radius 1 is 1.28 bits per heavy atom. The third kappa shape index (κ3) is 4.57. The lowest BCUT2D eigenvalue weighted by atomic mass is 10.1. The minimum Gasteiger partial charge on any atom is -0.301 e. The van der Waals surface area contributed by atoms with Crippen LogP contribution in [0, 0.1) is 0 Å². The summed E-state index contributed by atoms with van der Waals surface area (Å²) >= 11 is 5.84. The van der Waals surface area contributed by atoms with E-state index in [1.807, 2.05) is 43.3 Å². The number of sulfonamides is 1. The Bertz CT molecular complexity index is 471. The van der Waals surface area contributed by atoms with E-state index in [4.69, 9.17) is 11.6 Å². The summed E-state index contributed by atoms with van der Waals surface area (Å²) in [5.74, 6) is 0.0910. The van der Waals surface area contributed by atoms with Crippen LogP contribution in [0.5, 0.6) is 0 Å². The predicted molar refractivity (Wildman–Crippen MR) is 75.3 cm³/mol. The number of likely N-dealkylation sites (N-methyl/N-ethyl adjacent to an activating group) is 1. The van der Waals surface area contributed by atoms with Crippen molar-refractivity contribution in [3.63, 3.8) is 0 Å². The van der Waals surface area contributed by atoms with Gasteiger partial charge in [0, 0.05) is 17.6 Å². The number of nitrogens with zero attached hydrogens (tertiary/aromatic N) is 1. The molecule has 1 aromatic carbocycles. The van der Waals surface area contributed by atoms with Crippen molar-refractivity contribution in [3.05, 3.63) is 34.9 Å². The van der Waals surface area contributed by atoms with Crippen LogP contribution in [0.25, 0.3) is 0 Å². The molecule has 1 N–H and O–H groups in total. The van der Waals surface area contributed by atoms with Crippen LogP contribution in [-0.4, -0.2) is 39.7 Å². The molecule has 0 spiro atoms. The van der Waals surface area contributed by atoms with Gasteiger partial charge in [0.15, 0.2) is 0 Å². The normalized spacial score (nSPS) is 13.8. The van der Waals surface area contributed by atoms with Crippen molar-refractivity contribution in [2.24, 2.45) is 0 Å². The maximum absolute atomic E-state index is 11.5. The van der Waals surface area contributed by atoms with Crippen molar-refractivity contribution >= 4 is 21.6 Å². The van der Waals surface area contributed by atoms with Crippen LogP contribution >= 0.6 is 11.6 Å². The molecule has 0 aliphatic carbocycles. The summed E-state index contributed by atoms with van der Waals surface area (Å²) in [6.07, 6.45) is 0. The minimum atomic E-state index is -3.17. The van der Waals surface area contributed by atoms with E-state index in [0.717, 1.165) is 5.56 Å². The number of hydrogen-bond acceptors (Lipinski definition) is 3. The highest BCUT2D eigenvalue weighted by molar-refractivity contribution is 7.89. The van der Waals surface area contributed by atoms with Gasteiger partial charge in [0.25, 0.3) is 0 Å². The molecule has 0 saturated heterocycles. The molecule has 1 rings (SSSR count). The number of benzene rings is 1. The van der Waals surface area contributed by atoms with Crippen molar-refractivity contribution in [1.29, 1.82) is 0 Å².